The fraction of sp³-hybridized carbons (Fsp3) is 0.478. The Kier molecular flexibility index (Phi) is 9.81. The van der Waals surface area contributed by atoms with Crippen LogP contribution in [0.1, 0.15) is 103 Å². The van der Waals surface area contributed by atoms with Crippen LogP contribution < -0.4 is 0 Å². The monoisotopic (exact) mass is 608 g/mol. The Morgan fingerprint density at radius 2 is 1.52 bits per heavy atom. The lowest BCUT2D eigenvalue weighted by Gasteiger charge is -2.38. The second-order valence-corrected chi connectivity index (χ2v) is 15.2. The highest BCUT2D eigenvalue weighted by Gasteiger charge is 2.34. The number of hydrogen-bond donors (Lipinski definition) is 0. The predicted octanol–water partition coefficient (Wildman–Crippen LogP) is 12.9. The molecule has 0 saturated carbocycles. The second kappa shape index (κ2) is 14.3. The minimum Gasteiger partial charge on any atom is -0.0848 e. The fourth-order valence-corrected chi connectivity index (χ4v) is 9.67. The molecule has 6 aliphatic rings. The normalized spacial score (nSPS) is 30.3. The quantitative estimate of drug-likeness (QED) is 0.245. The molecule has 7 rings (SSSR count). The third-order valence-electron chi connectivity index (χ3n) is 12.6. The molecule has 0 saturated heterocycles. The van der Waals surface area contributed by atoms with E-state index in [-0.39, 0.29) is 0 Å². The summed E-state index contributed by atoms with van der Waals surface area (Å²) in [4.78, 5) is 0. The van der Waals surface area contributed by atoms with Crippen molar-refractivity contribution in [2.24, 2.45) is 41.4 Å². The van der Waals surface area contributed by atoms with E-state index in [1.54, 1.807) is 33.4 Å². The fourth-order valence-electron chi connectivity index (χ4n) is 9.67. The average Bonchev–Trinajstić information content (AvgIpc) is 3.13. The Bertz CT molecular complexity index is 1540. The molecule has 0 nitrogen and oxygen atoms in total. The van der Waals surface area contributed by atoms with Gasteiger partial charge in [-0.25, -0.2) is 0 Å². The van der Waals surface area contributed by atoms with Gasteiger partial charge in [0.05, 0.1) is 0 Å². The Morgan fingerprint density at radius 3 is 2.28 bits per heavy atom. The maximum absolute atomic E-state index is 2.63. The standard InChI is InChI=1S/C46H56/c1-4-32(3)31-33(5-2)34-19-21-35(22-20-34)36-23-25-38(26-24-36)40-28-30-46(44-18-12-10-16-42(40)44)45-29-27-39(37-13-7-6-8-14-37)41-15-9-11-17-43(41)45/h6-9,12-15,18-19,21,23,25-26,28,30,32-36,40,42H,4-5,10-11,16-17,20,22,24,27,29,31H2,1-3H3. The highest BCUT2D eigenvalue weighted by molar-refractivity contribution is 5.79. The van der Waals surface area contributed by atoms with Crippen molar-refractivity contribution in [1.29, 1.82) is 0 Å². The van der Waals surface area contributed by atoms with Crippen LogP contribution in [0.3, 0.4) is 0 Å². The summed E-state index contributed by atoms with van der Waals surface area (Å²) in [6.45, 7) is 7.20. The Balaban J connectivity index is 1.08. The topological polar surface area (TPSA) is 0 Å². The van der Waals surface area contributed by atoms with Crippen LogP contribution in [0.25, 0.3) is 5.57 Å². The minimum absolute atomic E-state index is 0.508. The minimum atomic E-state index is 0.508. The largest absolute Gasteiger partial charge is 0.0848 e. The van der Waals surface area contributed by atoms with Crippen molar-refractivity contribution in [2.75, 3.05) is 0 Å². The van der Waals surface area contributed by atoms with E-state index in [0.29, 0.717) is 23.7 Å². The van der Waals surface area contributed by atoms with Crippen LogP contribution in [0, 0.1) is 41.4 Å². The molecule has 0 amide bonds. The van der Waals surface area contributed by atoms with Crippen molar-refractivity contribution in [3.63, 3.8) is 0 Å². The van der Waals surface area contributed by atoms with Crippen molar-refractivity contribution in [3.05, 3.63) is 136 Å². The molecule has 0 spiro atoms. The molecule has 0 aromatic heterocycles. The van der Waals surface area contributed by atoms with Gasteiger partial charge in [-0.3, -0.25) is 0 Å². The van der Waals surface area contributed by atoms with E-state index >= 15 is 0 Å². The van der Waals surface area contributed by atoms with Crippen LogP contribution in [0.2, 0.25) is 0 Å². The maximum Gasteiger partial charge on any atom is 0.00871 e. The number of hydrogen-bond acceptors (Lipinski definition) is 0. The highest BCUT2D eigenvalue weighted by Crippen LogP contribution is 2.49. The van der Waals surface area contributed by atoms with Crippen LogP contribution in [0.15, 0.2) is 131 Å². The van der Waals surface area contributed by atoms with Gasteiger partial charge in [0.25, 0.3) is 0 Å². The van der Waals surface area contributed by atoms with Crippen LogP contribution in [0.4, 0.5) is 0 Å². The van der Waals surface area contributed by atoms with Crippen molar-refractivity contribution in [3.8, 4) is 0 Å². The molecule has 0 radical (unpaired) electrons. The summed E-state index contributed by atoms with van der Waals surface area (Å²) in [6, 6.07) is 11.1. The molecule has 0 aliphatic heterocycles. The second-order valence-electron chi connectivity index (χ2n) is 15.2. The zero-order chi connectivity index (χ0) is 31.5. The molecular weight excluding hydrogens is 553 g/mol. The number of allylic oxidation sites excluding steroid dienone is 18. The molecule has 7 atom stereocenters. The van der Waals surface area contributed by atoms with E-state index in [4.69, 9.17) is 0 Å². The van der Waals surface area contributed by atoms with Gasteiger partial charge in [-0.2, -0.15) is 0 Å². The molecular formula is C46H56. The lowest BCUT2D eigenvalue weighted by atomic mass is 9.67. The first-order valence-electron chi connectivity index (χ1n) is 19.0. The summed E-state index contributed by atoms with van der Waals surface area (Å²) in [5, 5.41) is 0. The van der Waals surface area contributed by atoms with Crippen molar-refractivity contribution in [2.45, 2.75) is 97.8 Å². The molecule has 6 aliphatic carbocycles. The van der Waals surface area contributed by atoms with E-state index in [0.717, 1.165) is 37.0 Å². The third kappa shape index (κ3) is 6.39. The van der Waals surface area contributed by atoms with Gasteiger partial charge >= 0.3 is 0 Å². The number of fused-ring (bicyclic) bond motifs is 2. The third-order valence-corrected chi connectivity index (χ3v) is 12.6. The zero-order valence-corrected chi connectivity index (χ0v) is 28.8. The van der Waals surface area contributed by atoms with Crippen molar-refractivity contribution >= 4 is 5.57 Å². The van der Waals surface area contributed by atoms with Crippen LogP contribution in [-0.2, 0) is 0 Å². The summed E-state index contributed by atoms with van der Waals surface area (Å²) in [5.41, 5.74) is 12.4. The first kappa shape index (κ1) is 31.5. The van der Waals surface area contributed by atoms with Crippen LogP contribution >= 0.6 is 0 Å². The van der Waals surface area contributed by atoms with Gasteiger partial charge in [0, 0.05) is 5.92 Å². The lowest BCUT2D eigenvalue weighted by molar-refractivity contribution is 0.259. The van der Waals surface area contributed by atoms with E-state index in [1.165, 1.54) is 68.9 Å². The van der Waals surface area contributed by atoms with E-state index in [9.17, 15) is 0 Å². The van der Waals surface area contributed by atoms with Gasteiger partial charge in [-0.05, 0) is 144 Å². The van der Waals surface area contributed by atoms with Crippen LogP contribution in [0.5, 0.6) is 0 Å². The molecule has 1 aromatic carbocycles. The van der Waals surface area contributed by atoms with E-state index in [2.05, 4.69) is 118 Å². The number of benzene rings is 1. The summed E-state index contributed by atoms with van der Waals surface area (Å²) < 4.78 is 0. The summed E-state index contributed by atoms with van der Waals surface area (Å²) in [6.07, 6.45) is 42.9. The van der Waals surface area contributed by atoms with Gasteiger partial charge in [-0.1, -0.05) is 131 Å². The molecule has 1 aromatic rings. The van der Waals surface area contributed by atoms with Gasteiger partial charge < -0.3 is 0 Å². The molecule has 240 valence electrons. The van der Waals surface area contributed by atoms with Crippen molar-refractivity contribution in [1.82, 2.24) is 0 Å². The number of rotatable bonds is 9. The Hall–Kier alpha value is -3.12. The van der Waals surface area contributed by atoms with E-state index in [1.807, 2.05) is 0 Å². The maximum atomic E-state index is 2.63. The molecule has 0 fully saturated rings. The summed E-state index contributed by atoms with van der Waals surface area (Å²) in [5.74, 6) is 4.99. The molecule has 46 heavy (non-hydrogen) atoms. The molecule has 0 heteroatoms. The Morgan fingerprint density at radius 1 is 0.696 bits per heavy atom. The smallest absolute Gasteiger partial charge is 0.00871 e. The van der Waals surface area contributed by atoms with Crippen LogP contribution in [-0.4, -0.2) is 0 Å². The lowest BCUT2D eigenvalue weighted by Crippen LogP contribution is -2.25. The molecule has 7 unspecified atom stereocenters. The molecule has 0 heterocycles. The summed E-state index contributed by atoms with van der Waals surface area (Å²) in [7, 11) is 0. The van der Waals surface area contributed by atoms with Gasteiger partial charge in [-0.15, -0.1) is 0 Å². The van der Waals surface area contributed by atoms with Gasteiger partial charge in [0.1, 0.15) is 0 Å². The SMILES string of the molecule is CCC(C)CC(CC)C1C=CC(C2C=CC(C3C=CC(C4=C5CCC=CC5=C(c5ccccc5)CC4)=C4C=CCCC43)=CC2)CC1. The molecule has 0 bridgehead atoms. The first-order chi connectivity index (χ1) is 22.6. The van der Waals surface area contributed by atoms with Crippen molar-refractivity contribution < 1.29 is 0 Å². The molecule has 0 N–H and O–H groups in total. The predicted molar refractivity (Wildman–Crippen MR) is 198 cm³/mol. The van der Waals surface area contributed by atoms with Gasteiger partial charge in [0.2, 0.25) is 0 Å². The van der Waals surface area contributed by atoms with Gasteiger partial charge in [0.15, 0.2) is 0 Å². The Labute approximate surface area is 280 Å². The zero-order valence-electron chi connectivity index (χ0n) is 28.8. The summed E-state index contributed by atoms with van der Waals surface area (Å²) >= 11 is 0. The highest BCUT2D eigenvalue weighted by atomic mass is 14.4. The van der Waals surface area contributed by atoms with E-state index < -0.39 is 0 Å². The average molecular weight is 609 g/mol. The first-order valence-corrected chi connectivity index (χ1v) is 19.0.